The molecule has 1 fully saturated rings. The van der Waals surface area contributed by atoms with E-state index in [1.165, 1.54) is 5.56 Å². The molecule has 0 aliphatic carbocycles. The number of carbonyl (C=O) groups excluding carboxylic acids is 1. The van der Waals surface area contributed by atoms with Gasteiger partial charge in [0.05, 0.1) is 6.04 Å². The number of nitrogens with two attached hydrogens (primary N) is 1. The highest BCUT2D eigenvalue weighted by Gasteiger charge is 2.29. The molecule has 0 aromatic heterocycles. The molecule has 0 saturated carbocycles. The summed E-state index contributed by atoms with van der Waals surface area (Å²) in [6.07, 6.45) is 3.30. The average Bonchev–Trinajstić information content (AvgIpc) is 2.71. The van der Waals surface area contributed by atoms with Crippen LogP contribution in [0.25, 0.3) is 0 Å². The van der Waals surface area contributed by atoms with Crippen LogP contribution in [0.2, 0.25) is 0 Å². The van der Waals surface area contributed by atoms with Crippen LogP contribution in [0.3, 0.4) is 0 Å². The zero-order valence-corrected chi connectivity index (χ0v) is 16.6. The lowest BCUT2D eigenvalue weighted by Crippen LogP contribution is -2.53. The van der Waals surface area contributed by atoms with Crippen molar-refractivity contribution < 1.29 is 9.90 Å². The van der Waals surface area contributed by atoms with Gasteiger partial charge < -0.3 is 20.6 Å². The fourth-order valence-corrected chi connectivity index (χ4v) is 3.86. The molecule has 0 spiro atoms. The third-order valence-electron chi connectivity index (χ3n) is 5.61. The van der Waals surface area contributed by atoms with Gasteiger partial charge in [-0.25, -0.2) is 0 Å². The monoisotopic (exact) mass is 381 g/mol. The Bertz CT molecular complexity index is 740. The number of carbonyl (C=O) groups is 1. The van der Waals surface area contributed by atoms with Crippen molar-refractivity contribution in [1.82, 2.24) is 9.80 Å². The van der Waals surface area contributed by atoms with Crippen LogP contribution in [0.15, 0.2) is 54.6 Å². The van der Waals surface area contributed by atoms with E-state index in [1.54, 1.807) is 12.1 Å². The van der Waals surface area contributed by atoms with Crippen molar-refractivity contribution in [3.8, 4) is 5.75 Å². The topological polar surface area (TPSA) is 69.8 Å². The Morgan fingerprint density at radius 2 is 1.75 bits per heavy atom. The number of phenols is 1. The summed E-state index contributed by atoms with van der Waals surface area (Å²) >= 11 is 0. The normalized spacial score (nSPS) is 16.6. The molecule has 2 aromatic rings. The number of phenolic OH excluding ortho intramolecular Hbond substituents is 1. The Balaban J connectivity index is 1.68. The number of nitrogens with zero attached hydrogens (tertiary/aromatic N) is 2. The molecule has 2 aromatic carbocycles. The molecule has 150 valence electrons. The van der Waals surface area contributed by atoms with Crippen molar-refractivity contribution >= 4 is 5.91 Å². The van der Waals surface area contributed by atoms with Crippen LogP contribution >= 0.6 is 0 Å². The van der Waals surface area contributed by atoms with Gasteiger partial charge in [0.2, 0.25) is 5.91 Å². The summed E-state index contributed by atoms with van der Waals surface area (Å²) in [6.45, 7) is 2.71. The lowest BCUT2D eigenvalue weighted by atomic mass is 9.99. The van der Waals surface area contributed by atoms with Gasteiger partial charge in [-0.3, -0.25) is 4.79 Å². The van der Waals surface area contributed by atoms with Crippen LogP contribution in [0.4, 0.5) is 0 Å². The maximum atomic E-state index is 13.3. The number of rotatable bonds is 7. The molecular formula is C23H31N3O2. The summed E-state index contributed by atoms with van der Waals surface area (Å²) in [6, 6.07) is 16.9. The van der Waals surface area contributed by atoms with E-state index in [0.29, 0.717) is 13.0 Å². The Kier molecular flexibility index (Phi) is 7.06. The van der Waals surface area contributed by atoms with Gasteiger partial charge in [0, 0.05) is 12.6 Å². The van der Waals surface area contributed by atoms with Crippen molar-refractivity contribution in [1.29, 1.82) is 0 Å². The van der Waals surface area contributed by atoms with Crippen LogP contribution in [0.5, 0.6) is 5.75 Å². The third kappa shape index (κ3) is 5.57. The van der Waals surface area contributed by atoms with E-state index in [4.69, 9.17) is 5.73 Å². The second-order valence-electron chi connectivity index (χ2n) is 7.78. The van der Waals surface area contributed by atoms with Gasteiger partial charge in [0.15, 0.2) is 0 Å². The molecule has 1 atom stereocenters. The molecule has 3 N–H and O–H groups in total. The standard InChI is InChI=1S/C23H31N3O2/c1-25-14-12-20(13-15-25)26(16-11-18-5-3-2-4-6-18)23(28)22(24)17-19-7-9-21(27)10-8-19/h2-10,20,22,27H,11-17,24H2,1H3/t22-/m0/s1. The van der Waals surface area contributed by atoms with Crippen molar-refractivity contribution in [2.75, 3.05) is 26.7 Å². The number of piperidine rings is 1. The Hall–Kier alpha value is -2.37. The fourth-order valence-electron chi connectivity index (χ4n) is 3.86. The second kappa shape index (κ2) is 9.71. The maximum Gasteiger partial charge on any atom is 0.240 e. The number of hydrogen-bond acceptors (Lipinski definition) is 4. The van der Waals surface area contributed by atoms with Crippen LogP contribution < -0.4 is 5.73 Å². The Morgan fingerprint density at radius 3 is 2.39 bits per heavy atom. The fraction of sp³-hybridized carbons (Fsp3) is 0.435. The predicted molar refractivity (Wildman–Crippen MR) is 112 cm³/mol. The molecular weight excluding hydrogens is 350 g/mol. The summed E-state index contributed by atoms with van der Waals surface area (Å²) in [7, 11) is 2.13. The smallest absolute Gasteiger partial charge is 0.240 e. The number of amides is 1. The Labute approximate surface area is 167 Å². The zero-order chi connectivity index (χ0) is 19.9. The summed E-state index contributed by atoms with van der Waals surface area (Å²) in [4.78, 5) is 17.6. The van der Waals surface area contributed by atoms with Crippen LogP contribution in [0, 0.1) is 0 Å². The van der Waals surface area contributed by atoms with Gasteiger partial charge >= 0.3 is 0 Å². The largest absolute Gasteiger partial charge is 0.508 e. The molecule has 1 heterocycles. The highest BCUT2D eigenvalue weighted by molar-refractivity contribution is 5.82. The van der Waals surface area contributed by atoms with Crippen LogP contribution in [0.1, 0.15) is 24.0 Å². The summed E-state index contributed by atoms with van der Waals surface area (Å²) in [5, 5.41) is 9.45. The molecule has 5 nitrogen and oxygen atoms in total. The minimum atomic E-state index is -0.569. The number of aromatic hydroxyl groups is 1. The summed E-state index contributed by atoms with van der Waals surface area (Å²) in [5.74, 6) is 0.248. The minimum absolute atomic E-state index is 0.0264. The van der Waals surface area contributed by atoms with Gasteiger partial charge in [-0.1, -0.05) is 42.5 Å². The van der Waals surface area contributed by atoms with E-state index < -0.39 is 6.04 Å². The Morgan fingerprint density at radius 1 is 1.11 bits per heavy atom. The van der Waals surface area contributed by atoms with E-state index in [2.05, 4.69) is 24.1 Å². The highest BCUT2D eigenvalue weighted by atomic mass is 16.3. The van der Waals surface area contributed by atoms with E-state index in [1.807, 2.05) is 35.2 Å². The molecule has 1 aliphatic heterocycles. The first-order valence-corrected chi connectivity index (χ1v) is 10.1. The molecule has 0 radical (unpaired) electrons. The van der Waals surface area contributed by atoms with Gasteiger partial charge in [-0.15, -0.1) is 0 Å². The SMILES string of the molecule is CN1CCC(N(CCc2ccccc2)C(=O)[C@@H](N)Cc2ccc(O)cc2)CC1. The molecule has 1 aliphatic rings. The third-order valence-corrected chi connectivity index (χ3v) is 5.61. The van der Waals surface area contributed by atoms with Gasteiger partial charge in [-0.2, -0.15) is 0 Å². The molecule has 1 saturated heterocycles. The first-order valence-electron chi connectivity index (χ1n) is 10.1. The van der Waals surface area contributed by atoms with Gasteiger partial charge in [0.1, 0.15) is 5.75 Å². The molecule has 28 heavy (non-hydrogen) atoms. The number of likely N-dealkylation sites (tertiary alicyclic amines) is 1. The summed E-state index contributed by atoms with van der Waals surface area (Å²) < 4.78 is 0. The lowest BCUT2D eigenvalue weighted by molar-refractivity contribution is -0.135. The summed E-state index contributed by atoms with van der Waals surface area (Å²) in [5.41, 5.74) is 8.53. The van der Waals surface area contributed by atoms with E-state index in [0.717, 1.165) is 37.9 Å². The number of hydrogen-bond donors (Lipinski definition) is 2. The van der Waals surface area contributed by atoms with Crippen molar-refractivity contribution in [2.45, 2.75) is 37.8 Å². The van der Waals surface area contributed by atoms with Gasteiger partial charge in [-0.05, 0) is 69.1 Å². The maximum absolute atomic E-state index is 13.3. The number of benzene rings is 2. The highest BCUT2D eigenvalue weighted by Crippen LogP contribution is 2.19. The van der Waals surface area contributed by atoms with E-state index >= 15 is 0 Å². The molecule has 0 unspecified atom stereocenters. The minimum Gasteiger partial charge on any atom is -0.508 e. The van der Waals surface area contributed by atoms with E-state index in [9.17, 15) is 9.90 Å². The van der Waals surface area contributed by atoms with E-state index in [-0.39, 0.29) is 17.7 Å². The molecule has 3 rings (SSSR count). The quantitative estimate of drug-likeness (QED) is 0.773. The van der Waals surface area contributed by atoms with Crippen molar-refractivity contribution in [3.05, 3.63) is 65.7 Å². The van der Waals surface area contributed by atoms with Crippen LogP contribution in [-0.2, 0) is 17.6 Å². The zero-order valence-electron chi connectivity index (χ0n) is 16.6. The molecule has 5 heteroatoms. The molecule has 0 bridgehead atoms. The van der Waals surface area contributed by atoms with Gasteiger partial charge in [0.25, 0.3) is 0 Å². The van der Waals surface area contributed by atoms with Crippen molar-refractivity contribution in [3.63, 3.8) is 0 Å². The first-order chi connectivity index (χ1) is 13.5. The predicted octanol–water partition coefficient (Wildman–Crippen LogP) is 2.43. The lowest BCUT2D eigenvalue weighted by Gasteiger charge is -2.38. The van der Waals surface area contributed by atoms with Crippen molar-refractivity contribution in [2.24, 2.45) is 5.73 Å². The molecule has 1 amide bonds. The first kappa shape index (κ1) is 20.4. The second-order valence-corrected chi connectivity index (χ2v) is 7.78. The average molecular weight is 382 g/mol. The van der Waals surface area contributed by atoms with Crippen LogP contribution in [-0.4, -0.2) is 59.6 Å².